The Kier molecular flexibility index (Phi) is 5.97. The third-order valence-electron chi connectivity index (χ3n) is 5.74. The molecule has 8 heteroatoms. The average molecular weight is 444 g/mol. The molecule has 0 radical (unpaired) electrons. The first kappa shape index (κ1) is 21.7. The molecule has 2 fully saturated rings. The smallest absolute Gasteiger partial charge is 0.321 e. The van der Waals surface area contributed by atoms with Gasteiger partial charge in [-0.25, -0.2) is 4.79 Å². The number of rotatable bonds is 3. The molecule has 1 saturated heterocycles. The molecule has 0 bridgehead atoms. The molecule has 1 saturated carbocycles. The lowest BCUT2D eigenvalue weighted by molar-refractivity contribution is 0.0742. The van der Waals surface area contributed by atoms with Crippen molar-refractivity contribution >= 4 is 29.2 Å². The van der Waals surface area contributed by atoms with E-state index in [1.165, 1.54) is 0 Å². The highest BCUT2D eigenvalue weighted by atomic mass is 35.5. The summed E-state index contributed by atoms with van der Waals surface area (Å²) < 4.78 is 1.87. The summed E-state index contributed by atoms with van der Waals surface area (Å²) >= 11 is 5.91. The monoisotopic (exact) mass is 443 g/mol. The molecule has 1 aliphatic heterocycles. The van der Waals surface area contributed by atoms with Gasteiger partial charge in [0.1, 0.15) is 5.69 Å². The largest absolute Gasteiger partial charge is 0.335 e. The van der Waals surface area contributed by atoms with Gasteiger partial charge in [0.2, 0.25) is 0 Å². The summed E-state index contributed by atoms with van der Waals surface area (Å²) in [6.45, 7) is 8.42. The maximum atomic E-state index is 13.4. The van der Waals surface area contributed by atoms with Crippen LogP contribution in [0.1, 0.15) is 62.1 Å². The van der Waals surface area contributed by atoms with E-state index in [1.807, 2.05) is 15.6 Å². The molecule has 0 spiro atoms. The second-order valence-electron chi connectivity index (χ2n) is 9.38. The average Bonchev–Trinajstić information content (AvgIpc) is 3.51. The van der Waals surface area contributed by atoms with Crippen molar-refractivity contribution in [3.8, 4) is 0 Å². The van der Waals surface area contributed by atoms with Crippen LogP contribution in [0, 0.1) is 0 Å². The predicted octanol–water partition coefficient (Wildman–Crippen LogP) is 4.55. The summed E-state index contributed by atoms with van der Waals surface area (Å²) in [7, 11) is 0. The van der Waals surface area contributed by atoms with Crippen LogP contribution in [0.5, 0.6) is 0 Å². The standard InChI is InChI=1S/C23H30ClN5O2/c1-23(2,3)29-20(15-19(26-29)16-5-6-16)21(30)27-11-4-12-28(14-13-27)22(31)25-18-9-7-17(24)8-10-18/h7-10,15-16H,4-6,11-14H2,1-3H3,(H,25,31). The van der Waals surface area contributed by atoms with E-state index in [9.17, 15) is 9.59 Å². The van der Waals surface area contributed by atoms with Crippen molar-refractivity contribution in [1.82, 2.24) is 19.6 Å². The van der Waals surface area contributed by atoms with Gasteiger partial charge >= 0.3 is 6.03 Å². The van der Waals surface area contributed by atoms with Crippen LogP contribution < -0.4 is 5.32 Å². The Morgan fingerprint density at radius 1 is 1.03 bits per heavy atom. The molecular weight excluding hydrogens is 414 g/mol. The Morgan fingerprint density at radius 3 is 2.32 bits per heavy atom. The molecule has 1 aromatic carbocycles. The van der Waals surface area contributed by atoms with Gasteiger partial charge in [-0.2, -0.15) is 5.10 Å². The summed E-state index contributed by atoms with van der Waals surface area (Å²) in [5.74, 6) is 0.487. The maximum Gasteiger partial charge on any atom is 0.321 e. The molecule has 3 amide bonds. The molecule has 1 aromatic heterocycles. The highest BCUT2D eigenvalue weighted by Crippen LogP contribution is 2.40. The molecule has 31 heavy (non-hydrogen) atoms. The zero-order chi connectivity index (χ0) is 22.2. The number of hydrogen-bond donors (Lipinski definition) is 1. The molecule has 2 aliphatic rings. The fraction of sp³-hybridized carbons (Fsp3) is 0.522. The van der Waals surface area contributed by atoms with Crippen LogP contribution in [-0.2, 0) is 5.54 Å². The van der Waals surface area contributed by atoms with Gasteiger partial charge in [-0.1, -0.05) is 11.6 Å². The van der Waals surface area contributed by atoms with Crippen LogP contribution in [0.25, 0.3) is 0 Å². The lowest BCUT2D eigenvalue weighted by atomic mass is 10.1. The quantitative estimate of drug-likeness (QED) is 0.756. The number of nitrogens with one attached hydrogen (secondary N) is 1. The van der Waals surface area contributed by atoms with Gasteiger partial charge in [-0.3, -0.25) is 9.48 Å². The van der Waals surface area contributed by atoms with Crippen molar-refractivity contribution in [3.63, 3.8) is 0 Å². The molecule has 4 rings (SSSR count). The number of hydrogen-bond acceptors (Lipinski definition) is 3. The number of benzene rings is 1. The van der Waals surface area contributed by atoms with E-state index >= 15 is 0 Å². The number of anilines is 1. The Balaban J connectivity index is 1.43. The van der Waals surface area contributed by atoms with Gasteiger partial charge in [-0.15, -0.1) is 0 Å². The van der Waals surface area contributed by atoms with Gasteiger partial charge in [0.05, 0.1) is 11.2 Å². The molecule has 0 unspecified atom stereocenters. The molecule has 2 heterocycles. The predicted molar refractivity (Wildman–Crippen MR) is 122 cm³/mol. The van der Waals surface area contributed by atoms with Gasteiger partial charge in [0.25, 0.3) is 5.91 Å². The van der Waals surface area contributed by atoms with Crippen molar-refractivity contribution in [2.45, 2.75) is 51.5 Å². The van der Waals surface area contributed by atoms with E-state index in [0.717, 1.165) is 25.0 Å². The van der Waals surface area contributed by atoms with Crippen LogP contribution >= 0.6 is 11.6 Å². The third kappa shape index (κ3) is 5.03. The first-order chi connectivity index (χ1) is 14.7. The fourth-order valence-corrected chi connectivity index (χ4v) is 3.99. The van der Waals surface area contributed by atoms with Crippen LogP contribution in [-0.4, -0.2) is 57.7 Å². The summed E-state index contributed by atoms with van der Waals surface area (Å²) in [6, 6.07) is 8.86. The lowest BCUT2D eigenvalue weighted by Gasteiger charge is -2.26. The first-order valence-electron chi connectivity index (χ1n) is 10.9. The highest BCUT2D eigenvalue weighted by Gasteiger charge is 2.33. The Hall–Kier alpha value is -2.54. The Labute approximate surface area is 188 Å². The highest BCUT2D eigenvalue weighted by molar-refractivity contribution is 6.30. The summed E-state index contributed by atoms with van der Waals surface area (Å²) in [4.78, 5) is 29.7. The van der Waals surface area contributed by atoms with Crippen LogP contribution in [0.4, 0.5) is 10.5 Å². The Morgan fingerprint density at radius 2 is 1.68 bits per heavy atom. The summed E-state index contributed by atoms with van der Waals surface area (Å²) in [6.07, 6.45) is 3.03. The summed E-state index contributed by atoms with van der Waals surface area (Å²) in [5.41, 5.74) is 2.10. The molecule has 7 nitrogen and oxygen atoms in total. The second-order valence-corrected chi connectivity index (χ2v) is 9.82. The van der Waals surface area contributed by atoms with Gasteiger partial charge in [-0.05, 0) is 70.4 Å². The lowest BCUT2D eigenvalue weighted by Crippen LogP contribution is -2.40. The zero-order valence-corrected chi connectivity index (χ0v) is 19.2. The Bertz CT molecular complexity index is 959. The second kappa shape index (κ2) is 8.54. The fourth-order valence-electron chi connectivity index (χ4n) is 3.86. The maximum absolute atomic E-state index is 13.4. The zero-order valence-electron chi connectivity index (χ0n) is 18.4. The molecule has 1 N–H and O–H groups in total. The first-order valence-corrected chi connectivity index (χ1v) is 11.3. The number of urea groups is 1. The molecule has 2 aromatic rings. The number of amides is 3. The molecule has 0 atom stereocenters. The van der Waals surface area contributed by atoms with E-state index in [2.05, 4.69) is 26.1 Å². The number of carbonyl (C=O) groups is 2. The number of aromatic nitrogens is 2. The third-order valence-corrected chi connectivity index (χ3v) is 6.00. The number of halogens is 1. The van der Waals surface area contributed by atoms with Gasteiger partial charge < -0.3 is 15.1 Å². The molecule has 1 aliphatic carbocycles. The minimum atomic E-state index is -0.269. The van der Waals surface area contributed by atoms with E-state index in [4.69, 9.17) is 16.7 Å². The van der Waals surface area contributed by atoms with E-state index in [1.54, 1.807) is 29.2 Å². The van der Waals surface area contributed by atoms with E-state index in [0.29, 0.717) is 48.5 Å². The number of nitrogens with zero attached hydrogens (tertiary/aromatic N) is 4. The molecule has 166 valence electrons. The van der Waals surface area contributed by atoms with Crippen molar-refractivity contribution in [3.05, 3.63) is 46.7 Å². The van der Waals surface area contributed by atoms with Crippen molar-refractivity contribution in [2.24, 2.45) is 0 Å². The number of carbonyl (C=O) groups excluding carboxylic acids is 2. The SMILES string of the molecule is CC(C)(C)n1nc(C2CC2)cc1C(=O)N1CCCN(C(=O)Nc2ccc(Cl)cc2)CC1. The van der Waals surface area contributed by atoms with E-state index < -0.39 is 0 Å². The van der Waals surface area contributed by atoms with Crippen molar-refractivity contribution < 1.29 is 9.59 Å². The van der Waals surface area contributed by atoms with Gasteiger partial charge in [0.15, 0.2) is 0 Å². The van der Waals surface area contributed by atoms with E-state index in [-0.39, 0.29) is 17.5 Å². The summed E-state index contributed by atoms with van der Waals surface area (Å²) in [5, 5.41) is 8.30. The van der Waals surface area contributed by atoms with Crippen LogP contribution in [0.2, 0.25) is 5.02 Å². The minimum Gasteiger partial charge on any atom is -0.335 e. The minimum absolute atomic E-state index is 0.00529. The van der Waals surface area contributed by atoms with Crippen LogP contribution in [0.3, 0.4) is 0 Å². The normalized spacial score (nSPS) is 17.4. The topological polar surface area (TPSA) is 70.5 Å². The van der Waals surface area contributed by atoms with Crippen LogP contribution in [0.15, 0.2) is 30.3 Å². The molecular formula is C23H30ClN5O2. The van der Waals surface area contributed by atoms with Crippen molar-refractivity contribution in [1.29, 1.82) is 0 Å². The van der Waals surface area contributed by atoms with Crippen molar-refractivity contribution in [2.75, 3.05) is 31.5 Å². The van der Waals surface area contributed by atoms with Gasteiger partial charge in [0, 0.05) is 42.8 Å².